The predicted molar refractivity (Wildman–Crippen MR) is 83.1 cm³/mol. The van der Waals surface area contributed by atoms with Gasteiger partial charge in [-0.2, -0.15) is 0 Å². The molecule has 1 heterocycles. The number of aromatic nitrogens is 1. The van der Waals surface area contributed by atoms with Crippen molar-refractivity contribution in [3.63, 3.8) is 0 Å². The molecule has 0 atom stereocenters. The van der Waals surface area contributed by atoms with Crippen LogP contribution in [0.2, 0.25) is 0 Å². The summed E-state index contributed by atoms with van der Waals surface area (Å²) < 4.78 is 17.4. The lowest BCUT2D eigenvalue weighted by Crippen LogP contribution is -2.28. The van der Waals surface area contributed by atoms with Gasteiger partial charge in [0.25, 0.3) is 5.91 Å². The van der Waals surface area contributed by atoms with E-state index < -0.39 is 0 Å². The van der Waals surface area contributed by atoms with Gasteiger partial charge >= 0.3 is 0 Å². The number of carbonyl (C=O) groups excluding carboxylic acids is 1. The number of nitrogens with one attached hydrogen (secondary N) is 1. The van der Waals surface area contributed by atoms with E-state index in [0.29, 0.717) is 30.2 Å². The van der Waals surface area contributed by atoms with Crippen LogP contribution in [0.5, 0.6) is 11.5 Å². The van der Waals surface area contributed by atoms with Gasteiger partial charge in [-0.25, -0.2) is 0 Å². The van der Waals surface area contributed by atoms with Crippen molar-refractivity contribution in [3.8, 4) is 17.2 Å². The van der Waals surface area contributed by atoms with Gasteiger partial charge < -0.3 is 24.1 Å². The maximum absolute atomic E-state index is 12.4. The summed E-state index contributed by atoms with van der Waals surface area (Å²) in [7, 11) is 4.70. The molecule has 22 heavy (non-hydrogen) atoms. The number of methoxy groups -OCH3 is 3. The fraction of sp³-hybridized carbons (Fsp3) is 0.312. The number of nitrogens with zero attached hydrogens (tertiary/aromatic N) is 1. The van der Waals surface area contributed by atoms with E-state index in [2.05, 4.69) is 5.32 Å². The van der Waals surface area contributed by atoms with E-state index in [1.54, 1.807) is 33.5 Å². The minimum Gasteiger partial charge on any atom is -0.493 e. The number of hydrogen-bond donors (Lipinski definition) is 1. The minimum atomic E-state index is -0.193. The molecule has 0 aliphatic rings. The van der Waals surface area contributed by atoms with Crippen LogP contribution in [0.3, 0.4) is 0 Å². The second-order valence-corrected chi connectivity index (χ2v) is 4.56. The molecule has 1 aromatic carbocycles. The number of benzene rings is 1. The summed E-state index contributed by atoms with van der Waals surface area (Å²) in [6.45, 7) is 0.896. The van der Waals surface area contributed by atoms with Gasteiger partial charge in [-0.05, 0) is 18.2 Å². The van der Waals surface area contributed by atoms with Gasteiger partial charge in [0.15, 0.2) is 11.5 Å². The Morgan fingerprint density at radius 2 is 1.73 bits per heavy atom. The van der Waals surface area contributed by atoms with Gasteiger partial charge in [0, 0.05) is 32.1 Å². The Kier molecular flexibility index (Phi) is 5.43. The average Bonchev–Trinajstić information content (AvgIpc) is 3.07. The van der Waals surface area contributed by atoms with E-state index in [9.17, 15) is 4.79 Å². The van der Waals surface area contributed by atoms with Crippen molar-refractivity contribution in [1.82, 2.24) is 9.88 Å². The van der Waals surface area contributed by atoms with Gasteiger partial charge in [0.2, 0.25) is 0 Å². The monoisotopic (exact) mass is 304 g/mol. The predicted octanol–water partition coefficient (Wildman–Crippen LogP) is 1.87. The molecule has 0 fully saturated rings. The molecule has 6 heteroatoms. The summed E-state index contributed by atoms with van der Waals surface area (Å²) >= 11 is 0. The summed E-state index contributed by atoms with van der Waals surface area (Å²) in [6.07, 6.45) is 3.74. The zero-order valence-corrected chi connectivity index (χ0v) is 13.0. The molecule has 0 aliphatic heterocycles. The summed E-state index contributed by atoms with van der Waals surface area (Å²) in [4.78, 5) is 12.4. The zero-order chi connectivity index (χ0) is 15.9. The normalized spacial score (nSPS) is 10.3. The van der Waals surface area contributed by atoms with E-state index >= 15 is 0 Å². The first-order chi connectivity index (χ1) is 10.7. The molecule has 118 valence electrons. The highest BCUT2D eigenvalue weighted by Gasteiger charge is 2.17. The first kappa shape index (κ1) is 15.9. The second kappa shape index (κ2) is 7.51. The van der Waals surface area contributed by atoms with Crippen molar-refractivity contribution in [2.24, 2.45) is 0 Å². The molecular weight excluding hydrogens is 284 g/mol. The van der Waals surface area contributed by atoms with Crippen LogP contribution in [-0.2, 0) is 4.74 Å². The molecule has 0 saturated carbocycles. The van der Waals surface area contributed by atoms with Gasteiger partial charge in [0.05, 0.1) is 32.1 Å². The number of rotatable bonds is 7. The molecule has 0 unspecified atom stereocenters. The topological polar surface area (TPSA) is 61.7 Å². The number of amides is 1. The van der Waals surface area contributed by atoms with Crippen molar-refractivity contribution in [2.45, 2.75) is 0 Å². The molecule has 2 aromatic rings. The summed E-state index contributed by atoms with van der Waals surface area (Å²) in [6, 6.07) is 7.24. The molecule has 0 radical (unpaired) electrons. The largest absolute Gasteiger partial charge is 0.493 e. The van der Waals surface area contributed by atoms with Crippen molar-refractivity contribution < 1.29 is 19.0 Å². The standard InChI is InChI=1S/C16H20N2O4/c1-20-9-6-17-16(19)12-10-14(21-2)15(22-3)11-13(12)18-7-4-5-8-18/h4-5,7-8,10-11H,6,9H2,1-3H3,(H,17,19). The average molecular weight is 304 g/mol. The fourth-order valence-corrected chi connectivity index (χ4v) is 2.12. The van der Waals surface area contributed by atoms with E-state index in [4.69, 9.17) is 14.2 Å². The molecule has 0 bridgehead atoms. The zero-order valence-electron chi connectivity index (χ0n) is 13.0. The fourth-order valence-electron chi connectivity index (χ4n) is 2.12. The first-order valence-corrected chi connectivity index (χ1v) is 6.87. The number of hydrogen-bond acceptors (Lipinski definition) is 4. The molecule has 1 aromatic heterocycles. The van der Waals surface area contributed by atoms with Gasteiger partial charge in [0.1, 0.15) is 0 Å². The molecule has 6 nitrogen and oxygen atoms in total. The highest BCUT2D eigenvalue weighted by Crippen LogP contribution is 2.32. The lowest BCUT2D eigenvalue weighted by molar-refractivity contribution is 0.0936. The first-order valence-electron chi connectivity index (χ1n) is 6.87. The van der Waals surface area contributed by atoms with Gasteiger partial charge in [-0.1, -0.05) is 0 Å². The van der Waals surface area contributed by atoms with E-state index in [-0.39, 0.29) is 5.91 Å². The van der Waals surface area contributed by atoms with Crippen molar-refractivity contribution >= 4 is 5.91 Å². The maximum Gasteiger partial charge on any atom is 0.253 e. The van der Waals surface area contributed by atoms with E-state index in [1.165, 1.54) is 0 Å². The van der Waals surface area contributed by atoms with Crippen LogP contribution in [0.25, 0.3) is 5.69 Å². The van der Waals surface area contributed by atoms with E-state index in [1.807, 2.05) is 29.1 Å². The lowest BCUT2D eigenvalue weighted by atomic mass is 10.1. The van der Waals surface area contributed by atoms with Crippen LogP contribution in [-0.4, -0.2) is 45.0 Å². The molecule has 0 saturated heterocycles. The summed E-state index contributed by atoms with van der Waals surface area (Å²) in [5, 5.41) is 2.82. The molecule has 1 amide bonds. The number of ether oxygens (including phenoxy) is 3. The van der Waals surface area contributed by atoms with Crippen molar-refractivity contribution in [3.05, 3.63) is 42.2 Å². The highest BCUT2D eigenvalue weighted by atomic mass is 16.5. The van der Waals surface area contributed by atoms with Crippen LogP contribution >= 0.6 is 0 Å². The van der Waals surface area contributed by atoms with E-state index in [0.717, 1.165) is 5.69 Å². The van der Waals surface area contributed by atoms with Crippen molar-refractivity contribution in [2.75, 3.05) is 34.5 Å². The van der Waals surface area contributed by atoms with Crippen LogP contribution < -0.4 is 14.8 Å². The molecule has 0 spiro atoms. The second-order valence-electron chi connectivity index (χ2n) is 4.56. The molecule has 2 rings (SSSR count). The Bertz CT molecular complexity index is 623. The summed E-state index contributed by atoms with van der Waals surface area (Å²) in [5.41, 5.74) is 1.22. The lowest BCUT2D eigenvalue weighted by Gasteiger charge is -2.15. The van der Waals surface area contributed by atoms with Crippen LogP contribution in [0.4, 0.5) is 0 Å². The third-order valence-electron chi connectivity index (χ3n) is 3.22. The molecule has 0 aliphatic carbocycles. The number of carbonyl (C=O) groups is 1. The SMILES string of the molecule is COCCNC(=O)c1cc(OC)c(OC)cc1-n1cccc1. The third kappa shape index (κ3) is 3.40. The van der Waals surface area contributed by atoms with Crippen molar-refractivity contribution in [1.29, 1.82) is 0 Å². The Hall–Kier alpha value is -2.47. The smallest absolute Gasteiger partial charge is 0.253 e. The van der Waals surface area contributed by atoms with Crippen LogP contribution in [0, 0.1) is 0 Å². The van der Waals surface area contributed by atoms with Crippen LogP contribution in [0.1, 0.15) is 10.4 Å². The maximum atomic E-state index is 12.4. The highest BCUT2D eigenvalue weighted by molar-refractivity contribution is 5.98. The quantitative estimate of drug-likeness (QED) is 0.793. The molecular formula is C16H20N2O4. The summed E-state index contributed by atoms with van der Waals surface area (Å²) in [5.74, 6) is 0.886. The Morgan fingerprint density at radius 1 is 1.09 bits per heavy atom. The minimum absolute atomic E-state index is 0.193. The van der Waals surface area contributed by atoms with Crippen LogP contribution in [0.15, 0.2) is 36.7 Å². The Balaban J connectivity index is 2.43. The Morgan fingerprint density at radius 3 is 2.32 bits per heavy atom. The Labute approximate surface area is 129 Å². The molecule has 1 N–H and O–H groups in total. The third-order valence-corrected chi connectivity index (χ3v) is 3.22. The van der Waals surface area contributed by atoms with Gasteiger partial charge in [-0.15, -0.1) is 0 Å². The van der Waals surface area contributed by atoms with Gasteiger partial charge in [-0.3, -0.25) is 4.79 Å².